The Kier molecular flexibility index (Phi) is 5.64. The normalized spacial score (nSPS) is 15.3. The summed E-state index contributed by atoms with van der Waals surface area (Å²) in [7, 11) is 0. The number of nitrogens with zero attached hydrogens (tertiary/aromatic N) is 2. The largest absolute Gasteiger partial charge is 0.298 e. The van der Waals surface area contributed by atoms with Crippen LogP contribution in [0, 0.1) is 10.1 Å². The molecule has 0 saturated carbocycles. The molecule has 1 fully saturated rings. The van der Waals surface area contributed by atoms with E-state index in [0.29, 0.717) is 26.7 Å². The Morgan fingerprint density at radius 1 is 1.10 bits per heavy atom. The zero-order chi connectivity index (χ0) is 22.1. The minimum Gasteiger partial charge on any atom is -0.298 e. The number of thiocarbonyl (C=S) groups is 1. The SMILES string of the molecule is O=C1NC(=S)N(c2ccc(Cl)cc2)C(=O)C1=Cc1ccsc1-c1ccccc1[N+](=O)[O-]. The lowest BCUT2D eigenvalue weighted by Crippen LogP contribution is -2.54. The van der Waals surface area contributed by atoms with Gasteiger partial charge in [-0.25, -0.2) is 0 Å². The molecule has 3 aromatic rings. The summed E-state index contributed by atoms with van der Waals surface area (Å²) in [6.45, 7) is 0. The number of benzene rings is 2. The van der Waals surface area contributed by atoms with Gasteiger partial charge in [-0.15, -0.1) is 11.3 Å². The van der Waals surface area contributed by atoms with Crippen molar-refractivity contribution in [3.63, 3.8) is 0 Å². The first-order valence-electron chi connectivity index (χ1n) is 8.85. The molecule has 10 heteroatoms. The number of para-hydroxylation sites is 1. The molecule has 0 radical (unpaired) electrons. The average molecular weight is 470 g/mol. The number of thiophene rings is 1. The fraction of sp³-hybridized carbons (Fsp3) is 0. The van der Waals surface area contributed by atoms with Crippen LogP contribution in [-0.2, 0) is 9.59 Å². The zero-order valence-electron chi connectivity index (χ0n) is 15.6. The number of carbonyl (C=O) groups excluding carboxylic acids is 2. The fourth-order valence-electron chi connectivity index (χ4n) is 3.11. The molecule has 0 bridgehead atoms. The van der Waals surface area contributed by atoms with E-state index in [1.54, 1.807) is 53.9 Å². The van der Waals surface area contributed by atoms with Gasteiger partial charge in [0.05, 0.1) is 16.2 Å². The summed E-state index contributed by atoms with van der Waals surface area (Å²) in [4.78, 5) is 38.4. The van der Waals surface area contributed by atoms with Gasteiger partial charge < -0.3 is 0 Å². The third-order valence-electron chi connectivity index (χ3n) is 4.53. The van der Waals surface area contributed by atoms with Crippen LogP contribution in [0.15, 0.2) is 65.6 Å². The summed E-state index contributed by atoms with van der Waals surface area (Å²) in [5.74, 6) is -1.24. The van der Waals surface area contributed by atoms with E-state index in [0.717, 1.165) is 0 Å². The predicted octanol–water partition coefficient (Wildman–Crippen LogP) is 4.81. The summed E-state index contributed by atoms with van der Waals surface area (Å²) in [5, 5.41) is 16.1. The molecular formula is C21H12ClN3O4S2. The van der Waals surface area contributed by atoms with E-state index in [-0.39, 0.29) is 16.4 Å². The Morgan fingerprint density at radius 3 is 2.52 bits per heavy atom. The van der Waals surface area contributed by atoms with Crippen LogP contribution in [0.2, 0.25) is 5.02 Å². The molecule has 31 heavy (non-hydrogen) atoms. The first-order chi connectivity index (χ1) is 14.9. The predicted molar refractivity (Wildman–Crippen MR) is 124 cm³/mol. The van der Waals surface area contributed by atoms with Crippen LogP contribution in [0.3, 0.4) is 0 Å². The van der Waals surface area contributed by atoms with Gasteiger partial charge in [0.2, 0.25) is 0 Å². The summed E-state index contributed by atoms with van der Waals surface area (Å²) in [6, 6.07) is 14.5. The number of carbonyl (C=O) groups is 2. The van der Waals surface area contributed by atoms with Crippen LogP contribution in [-0.4, -0.2) is 21.9 Å². The number of anilines is 1. The van der Waals surface area contributed by atoms with Gasteiger partial charge >= 0.3 is 0 Å². The maximum atomic E-state index is 13.2. The lowest BCUT2D eigenvalue weighted by molar-refractivity contribution is -0.384. The number of nitro benzene ring substituents is 1. The summed E-state index contributed by atoms with van der Waals surface area (Å²) >= 11 is 12.4. The van der Waals surface area contributed by atoms with Crippen molar-refractivity contribution in [2.75, 3.05) is 4.90 Å². The monoisotopic (exact) mass is 469 g/mol. The number of nitro groups is 1. The van der Waals surface area contributed by atoms with E-state index in [1.807, 2.05) is 0 Å². The minimum absolute atomic E-state index is 0.0429. The Bertz CT molecular complexity index is 1270. The van der Waals surface area contributed by atoms with Crippen LogP contribution in [0.25, 0.3) is 16.5 Å². The van der Waals surface area contributed by atoms with Gasteiger partial charge in [0.25, 0.3) is 17.5 Å². The highest BCUT2D eigenvalue weighted by Crippen LogP contribution is 2.37. The van der Waals surface area contributed by atoms with Gasteiger partial charge in [-0.2, -0.15) is 0 Å². The molecule has 2 heterocycles. The maximum absolute atomic E-state index is 13.2. The molecule has 0 aliphatic carbocycles. The molecule has 2 aromatic carbocycles. The van der Waals surface area contributed by atoms with Gasteiger partial charge in [0, 0.05) is 16.0 Å². The molecule has 1 aliphatic rings. The number of nitrogens with one attached hydrogen (secondary N) is 1. The molecular weight excluding hydrogens is 458 g/mol. The van der Waals surface area contributed by atoms with Gasteiger partial charge in [0.1, 0.15) is 5.57 Å². The Hall–Kier alpha value is -3.40. The average Bonchev–Trinajstić information content (AvgIpc) is 3.20. The fourth-order valence-corrected chi connectivity index (χ4v) is 4.43. The van der Waals surface area contributed by atoms with Crippen LogP contribution < -0.4 is 10.2 Å². The van der Waals surface area contributed by atoms with Crippen molar-refractivity contribution >= 4 is 69.5 Å². The molecule has 2 amide bonds. The molecule has 0 unspecified atom stereocenters. The van der Waals surface area contributed by atoms with Crippen LogP contribution in [0.4, 0.5) is 11.4 Å². The molecule has 7 nitrogen and oxygen atoms in total. The number of rotatable bonds is 4. The quantitative estimate of drug-likeness (QED) is 0.195. The van der Waals surface area contributed by atoms with Crippen LogP contribution >= 0.6 is 35.2 Å². The Morgan fingerprint density at radius 2 is 1.81 bits per heavy atom. The van der Waals surface area contributed by atoms with Gasteiger partial charge in [0.15, 0.2) is 5.11 Å². The van der Waals surface area contributed by atoms with Crippen LogP contribution in [0.1, 0.15) is 5.56 Å². The Balaban J connectivity index is 1.78. The third-order valence-corrected chi connectivity index (χ3v) is 6.03. The Labute approximate surface area is 190 Å². The van der Waals surface area contributed by atoms with E-state index in [2.05, 4.69) is 5.32 Å². The highest BCUT2D eigenvalue weighted by atomic mass is 35.5. The van der Waals surface area contributed by atoms with Crippen molar-refractivity contribution in [2.24, 2.45) is 0 Å². The third kappa shape index (κ3) is 3.98. The van der Waals surface area contributed by atoms with Crippen molar-refractivity contribution in [3.05, 3.63) is 86.3 Å². The highest BCUT2D eigenvalue weighted by molar-refractivity contribution is 7.80. The molecule has 1 aliphatic heterocycles. The van der Waals surface area contributed by atoms with Gasteiger partial charge in [-0.3, -0.25) is 29.9 Å². The summed E-state index contributed by atoms with van der Waals surface area (Å²) in [5.41, 5.74) is 1.18. The standard InChI is InChI=1S/C21H12ClN3O4S2/c22-13-5-7-14(8-6-13)24-20(27)16(19(26)23-21(24)30)11-12-9-10-31-18(12)15-3-1-2-4-17(15)25(28)29/h1-11H,(H,23,26,30). The first kappa shape index (κ1) is 20.9. The highest BCUT2D eigenvalue weighted by Gasteiger charge is 2.34. The van der Waals surface area contributed by atoms with E-state index < -0.39 is 16.7 Å². The number of amides is 2. The number of hydrogen-bond acceptors (Lipinski definition) is 6. The smallest absolute Gasteiger partial charge is 0.278 e. The summed E-state index contributed by atoms with van der Waals surface area (Å²) < 4.78 is 0. The zero-order valence-corrected chi connectivity index (χ0v) is 18.0. The first-order valence-corrected chi connectivity index (χ1v) is 10.5. The van der Waals surface area contributed by atoms with Crippen LogP contribution in [0.5, 0.6) is 0 Å². The topological polar surface area (TPSA) is 92.6 Å². The van der Waals surface area contributed by atoms with E-state index in [4.69, 9.17) is 23.8 Å². The van der Waals surface area contributed by atoms with Gasteiger partial charge in [-0.1, -0.05) is 23.7 Å². The second-order valence-electron chi connectivity index (χ2n) is 6.41. The molecule has 1 aromatic heterocycles. The molecule has 1 saturated heterocycles. The molecule has 0 spiro atoms. The van der Waals surface area contributed by atoms with Crippen molar-refractivity contribution in [1.29, 1.82) is 0 Å². The number of hydrogen-bond donors (Lipinski definition) is 1. The second-order valence-corrected chi connectivity index (χ2v) is 8.15. The molecule has 1 N–H and O–H groups in total. The minimum atomic E-state index is -0.639. The van der Waals surface area contributed by atoms with Gasteiger partial charge in [-0.05, 0) is 65.6 Å². The van der Waals surface area contributed by atoms with E-state index in [9.17, 15) is 19.7 Å². The van der Waals surface area contributed by atoms with E-state index >= 15 is 0 Å². The summed E-state index contributed by atoms with van der Waals surface area (Å²) in [6.07, 6.45) is 1.42. The lowest BCUT2D eigenvalue weighted by atomic mass is 10.0. The van der Waals surface area contributed by atoms with Crippen molar-refractivity contribution in [1.82, 2.24) is 5.32 Å². The molecule has 154 valence electrons. The van der Waals surface area contributed by atoms with Crippen molar-refractivity contribution < 1.29 is 14.5 Å². The molecule has 4 rings (SSSR count). The van der Waals surface area contributed by atoms with Crippen molar-refractivity contribution in [3.8, 4) is 10.4 Å². The second kappa shape index (κ2) is 8.38. The lowest BCUT2D eigenvalue weighted by Gasteiger charge is -2.28. The van der Waals surface area contributed by atoms with Crippen molar-refractivity contribution in [2.45, 2.75) is 0 Å². The van der Waals surface area contributed by atoms with E-state index in [1.165, 1.54) is 28.4 Å². The molecule has 0 atom stereocenters. The maximum Gasteiger partial charge on any atom is 0.278 e. The number of halogens is 1.